The summed E-state index contributed by atoms with van der Waals surface area (Å²) in [4.78, 5) is 18.9. The average Bonchev–Trinajstić information content (AvgIpc) is 2.92. The second-order valence-corrected chi connectivity index (χ2v) is 3.90. The zero-order valence-corrected chi connectivity index (χ0v) is 10.5. The van der Waals surface area contributed by atoms with E-state index in [0.717, 1.165) is 5.82 Å². The molecule has 0 aliphatic heterocycles. The topological polar surface area (TPSA) is 87.2 Å². The molecule has 2 rings (SSSR count). The number of H-pyrrole nitrogens is 1. The minimum absolute atomic E-state index is 0.152. The largest absolute Gasteiger partial charge is 0.504 e. The summed E-state index contributed by atoms with van der Waals surface area (Å²) < 4.78 is 4.95. The summed E-state index contributed by atoms with van der Waals surface area (Å²) in [5.74, 6) is 0.581. The molecule has 1 aromatic carbocycles. The molecule has 1 heterocycles. The highest BCUT2D eigenvalue weighted by atomic mass is 16.5. The average molecular weight is 261 g/mol. The summed E-state index contributed by atoms with van der Waals surface area (Å²) in [6.45, 7) is 0.434. The van der Waals surface area contributed by atoms with Crippen LogP contribution in [-0.4, -0.2) is 34.6 Å². The minimum atomic E-state index is -0.344. The molecule has 0 spiro atoms. The fourth-order valence-electron chi connectivity index (χ4n) is 1.69. The SMILES string of the molecule is COc1cccc(C(=O)NCCc2ncc[nH]2)c1O. The number of nitrogens with one attached hydrogen (secondary N) is 2. The maximum absolute atomic E-state index is 11.9. The van der Waals surface area contributed by atoms with Gasteiger partial charge in [-0.3, -0.25) is 4.79 Å². The number of aromatic hydroxyl groups is 1. The molecular weight excluding hydrogens is 246 g/mol. The lowest BCUT2D eigenvalue weighted by atomic mass is 10.1. The number of imidazole rings is 1. The number of methoxy groups -OCH3 is 1. The molecule has 0 fully saturated rings. The zero-order valence-electron chi connectivity index (χ0n) is 10.5. The monoisotopic (exact) mass is 261 g/mol. The molecule has 0 aliphatic carbocycles. The Morgan fingerprint density at radius 3 is 3.05 bits per heavy atom. The van der Waals surface area contributed by atoms with E-state index in [-0.39, 0.29) is 23.0 Å². The lowest BCUT2D eigenvalue weighted by Crippen LogP contribution is -2.26. The number of carbonyl (C=O) groups excluding carboxylic acids is 1. The van der Waals surface area contributed by atoms with Gasteiger partial charge in [0.1, 0.15) is 5.82 Å². The molecule has 0 atom stereocenters. The highest BCUT2D eigenvalue weighted by molar-refractivity contribution is 5.97. The quantitative estimate of drug-likeness (QED) is 0.752. The molecule has 0 saturated heterocycles. The number of hydrogen-bond acceptors (Lipinski definition) is 4. The first-order chi connectivity index (χ1) is 9.22. The number of hydrogen-bond donors (Lipinski definition) is 3. The first kappa shape index (κ1) is 12.9. The van der Waals surface area contributed by atoms with Gasteiger partial charge in [-0.1, -0.05) is 6.07 Å². The molecular formula is C13H15N3O3. The van der Waals surface area contributed by atoms with Crippen molar-refractivity contribution in [2.75, 3.05) is 13.7 Å². The Kier molecular flexibility index (Phi) is 4.02. The summed E-state index contributed by atoms with van der Waals surface area (Å²) >= 11 is 0. The van der Waals surface area contributed by atoms with E-state index >= 15 is 0 Å². The van der Waals surface area contributed by atoms with Crippen LogP contribution in [0.2, 0.25) is 0 Å². The Balaban J connectivity index is 1.96. The lowest BCUT2D eigenvalue weighted by molar-refractivity contribution is 0.0950. The Bertz CT molecular complexity index is 552. The predicted octanol–water partition coefficient (Wildman–Crippen LogP) is 1.10. The molecule has 3 N–H and O–H groups in total. The normalized spacial score (nSPS) is 10.2. The van der Waals surface area contributed by atoms with Crippen LogP contribution in [0.3, 0.4) is 0 Å². The van der Waals surface area contributed by atoms with Crippen molar-refractivity contribution in [3.63, 3.8) is 0 Å². The zero-order chi connectivity index (χ0) is 13.7. The van der Waals surface area contributed by atoms with E-state index < -0.39 is 0 Å². The number of phenolic OH excluding ortho intramolecular Hbond substituents is 1. The van der Waals surface area contributed by atoms with Gasteiger partial charge in [-0.2, -0.15) is 0 Å². The Morgan fingerprint density at radius 2 is 2.37 bits per heavy atom. The molecule has 0 bridgehead atoms. The van der Waals surface area contributed by atoms with Gasteiger partial charge in [0.2, 0.25) is 0 Å². The van der Waals surface area contributed by atoms with E-state index in [1.54, 1.807) is 30.6 Å². The van der Waals surface area contributed by atoms with Gasteiger partial charge in [0.25, 0.3) is 5.91 Å². The summed E-state index contributed by atoms with van der Waals surface area (Å²) in [6.07, 6.45) is 3.99. The third-order valence-corrected chi connectivity index (χ3v) is 2.67. The molecule has 6 heteroatoms. The van der Waals surface area contributed by atoms with Crippen LogP contribution in [0, 0.1) is 0 Å². The van der Waals surface area contributed by atoms with E-state index in [1.165, 1.54) is 7.11 Å². The van der Waals surface area contributed by atoms with E-state index in [1.807, 2.05) is 0 Å². The Labute approximate surface area is 110 Å². The van der Waals surface area contributed by atoms with E-state index in [2.05, 4.69) is 15.3 Å². The number of aromatic nitrogens is 2. The fourth-order valence-corrected chi connectivity index (χ4v) is 1.69. The molecule has 0 saturated carbocycles. The van der Waals surface area contributed by atoms with Gasteiger partial charge in [-0.15, -0.1) is 0 Å². The van der Waals surface area contributed by atoms with E-state index in [4.69, 9.17) is 4.74 Å². The fraction of sp³-hybridized carbons (Fsp3) is 0.231. The smallest absolute Gasteiger partial charge is 0.255 e. The van der Waals surface area contributed by atoms with Crippen molar-refractivity contribution in [2.24, 2.45) is 0 Å². The van der Waals surface area contributed by atoms with Crippen LogP contribution in [0.25, 0.3) is 0 Å². The number of phenols is 1. The second-order valence-electron chi connectivity index (χ2n) is 3.90. The summed E-state index contributed by atoms with van der Waals surface area (Å²) in [5.41, 5.74) is 0.193. The number of carbonyl (C=O) groups is 1. The van der Waals surface area contributed by atoms with Crippen LogP contribution >= 0.6 is 0 Å². The van der Waals surface area contributed by atoms with Gasteiger partial charge in [0.05, 0.1) is 12.7 Å². The van der Waals surface area contributed by atoms with Crippen molar-refractivity contribution in [2.45, 2.75) is 6.42 Å². The van der Waals surface area contributed by atoms with Crippen LogP contribution in [0.15, 0.2) is 30.6 Å². The van der Waals surface area contributed by atoms with Crippen LogP contribution in [0.5, 0.6) is 11.5 Å². The van der Waals surface area contributed by atoms with Gasteiger partial charge < -0.3 is 20.1 Å². The Morgan fingerprint density at radius 1 is 1.53 bits per heavy atom. The number of ether oxygens (including phenoxy) is 1. The number of rotatable bonds is 5. The van der Waals surface area contributed by atoms with Crippen LogP contribution in [0.1, 0.15) is 16.2 Å². The summed E-state index contributed by atoms with van der Waals surface area (Å²) in [6, 6.07) is 4.79. The predicted molar refractivity (Wildman–Crippen MR) is 69.3 cm³/mol. The standard InChI is InChI=1S/C13H15N3O3/c1-19-10-4-2-3-9(12(10)17)13(18)16-6-5-11-14-7-8-15-11/h2-4,7-8,17H,5-6H2,1H3,(H,14,15)(H,16,18). The van der Waals surface area contributed by atoms with Crippen molar-refractivity contribution in [3.05, 3.63) is 42.0 Å². The van der Waals surface area contributed by atoms with Crippen molar-refractivity contribution in [3.8, 4) is 11.5 Å². The van der Waals surface area contributed by atoms with Crippen LogP contribution in [0.4, 0.5) is 0 Å². The molecule has 1 aromatic heterocycles. The minimum Gasteiger partial charge on any atom is -0.504 e. The van der Waals surface area contributed by atoms with Gasteiger partial charge in [0.15, 0.2) is 11.5 Å². The van der Waals surface area contributed by atoms with Gasteiger partial charge >= 0.3 is 0 Å². The van der Waals surface area contributed by atoms with Crippen molar-refractivity contribution in [1.29, 1.82) is 0 Å². The number of para-hydroxylation sites is 1. The van der Waals surface area contributed by atoms with Crippen molar-refractivity contribution < 1.29 is 14.6 Å². The Hall–Kier alpha value is -2.50. The van der Waals surface area contributed by atoms with E-state index in [0.29, 0.717) is 13.0 Å². The van der Waals surface area contributed by atoms with Gasteiger partial charge in [-0.25, -0.2) is 4.98 Å². The molecule has 2 aromatic rings. The number of aromatic amines is 1. The van der Waals surface area contributed by atoms with Crippen LogP contribution < -0.4 is 10.1 Å². The number of benzene rings is 1. The molecule has 0 unspecified atom stereocenters. The molecule has 100 valence electrons. The molecule has 0 radical (unpaired) electrons. The van der Waals surface area contributed by atoms with Crippen LogP contribution in [-0.2, 0) is 6.42 Å². The molecule has 0 aliphatic rings. The maximum Gasteiger partial charge on any atom is 0.255 e. The third-order valence-electron chi connectivity index (χ3n) is 2.67. The van der Waals surface area contributed by atoms with E-state index in [9.17, 15) is 9.90 Å². The first-order valence-corrected chi connectivity index (χ1v) is 5.85. The third kappa shape index (κ3) is 3.04. The molecule has 6 nitrogen and oxygen atoms in total. The van der Waals surface area contributed by atoms with Crippen molar-refractivity contribution in [1.82, 2.24) is 15.3 Å². The van der Waals surface area contributed by atoms with Gasteiger partial charge in [0, 0.05) is 25.4 Å². The number of nitrogens with zero attached hydrogens (tertiary/aromatic N) is 1. The first-order valence-electron chi connectivity index (χ1n) is 5.85. The summed E-state index contributed by atoms with van der Waals surface area (Å²) in [5, 5.41) is 12.6. The number of amides is 1. The second kappa shape index (κ2) is 5.90. The highest BCUT2D eigenvalue weighted by Crippen LogP contribution is 2.28. The van der Waals surface area contributed by atoms with Crippen molar-refractivity contribution >= 4 is 5.91 Å². The molecule has 1 amide bonds. The lowest BCUT2D eigenvalue weighted by Gasteiger charge is -2.08. The molecule has 19 heavy (non-hydrogen) atoms. The highest BCUT2D eigenvalue weighted by Gasteiger charge is 2.14. The maximum atomic E-state index is 11.9. The summed E-state index contributed by atoms with van der Waals surface area (Å²) in [7, 11) is 1.44. The van der Waals surface area contributed by atoms with Gasteiger partial charge in [-0.05, 0) is 12.1 Å².